The first-order chi connectivity index (χ1) is 13.0. The zero-order chi connectivity index (χ0) is 19.0. The average molecular weight is 375 g/mol. The van der Waals surface area contributed by atoms with E-state index in [1.165, 1.54) is 23.1 Å². The number of carbonyl (C=O) groups excluding carboxylic acids is 1. The molecular weight excluding hydrogens is 359 g/mol. The summed E-state index contributed by atoms with van der Waals surface area (Å²) < 4.78 is 44.0. The minimum Gasteiger partial charge on any atom is -0.493 e. The monoisotopic (exact) mass is 375 g/mol. The van der Waals surface area contributed by atoms with E-state index in [2.05, 4.69) is 9.97 Å². The molecule has 0 saturated carbocycles. The normalized spacial score (nSPS) is 16.8. The van der Waals surface area contributed by atoms with Crippen LogP contribution in [-0.4, -0.2) is 28.9 Å². The Labute approximate surface area is 152 Å². The Kier molecular flexibility index (Phi) is 4.47. The van der Waals surface area contributed by atoms with Gasteiger partial charge in [0.05, 0.1) is 36.4 Å². The Morgan fingerprint density at radius 1 is 1.26 bits per heavy atom. The van der Waals surface area contributed by atoms with E-state index in [-0.39, 0.29) is 24.7 Å². The molecule has 4 rings (SSSR count). The van der Waals surface area contributed by atoms with Crippen LogP contribution in [0, 0.1) is 5.82 Å². The molecule has 0 aliphatic carbocycles. The maximum absolute atomic E-state index is 14.5. The predicted octanol–water partition coefficient (Wildman–Crippen LogP) is 4.21. The number of β-lactam (4-membered cyclic amide) rings is 1. The van der Waals surface area contributed by atoms with Gasteiger partial charge in [-0.2, -0.15) is 0 Å². The molecule has 0 spiro atoms. The molecule has 1 N–H and O–H groups in total. The van der Waals surface area contributed by atoms with E-state index < -0.39 is 24.7 Å². The van der Waals surface area contributed by atoms with Gasteiger partial charge in [-0.15, -0.1) is 0 Å². The SMILES string of the molecule is O=C1C[C@H](c2ccc(OCCC(F)F)cc2F)N1c1ccc2nc[nH]c2c1. The molecule has 140 valence electrons. The van der Waals surface area contributed by atoms with Crippen molar-refractivity contribution in [3.63, 3.8) is 0 Å². The number of rotatable bonds is 6. The summed E-state index contributed by atoms with van der Waals surface area (Å²) in [6.07, 6.45) is -1.11. The number of imidazole rings is 1. The maximum atomic E-state index is 14.5. The number of benzene rings is 2. The van der Waals surface area contributed by atoms with E-state index in [4.69, 9.17) is 4.74 Å². The number of hydrogen-bond donors (Lipinski definition) is 1. The van der Waals surface area contributed by atoms with Gasteiger partial charge in [-0.3, -0.25) is 4.79 Å². The second-order valence-corrected chi connectivity index (χ2v) is 6.30. The van der Waals surface area contributed by atoms with Crippen LogP contribution in [0.1, 0.15) is 24.4 Å². The molecule has 27 heavy (non-hydrogen) atoms. The number of nitrogens with zero attached hydrogens (tertiary/aromatic N) is 2. The standard InChI is InChI=1S/C19H16F3N3O2/c20-14-8-12(27-6-5-18(21)22)2-3-13(14)17-9-19(26)25(17)11-1-4-15-16(7-11)24-10-23-15/h1-4,7-8,10,17-18H,5-6,9H2,(H,23,24)/t17-/m1/s1. The number of nitrogens with one attached hydrogen (secondary N) is 1. The number of anilines is 1. The Morgan fingerprint density at radius 3 is 2.85 bits per heavy atom. The third-order valence-corrected chi connectivity index (χ3v) is 4.57. The van der Waals surface area contributed by atoms with Gasteiger partial charge in [-0.25, -0.2) is 18.2 Å². The molecule has 1 aromatic heterocycles. The molecule has 0 radical (unpaired) electrons. The number of halogens is 3. The third-order valence-electron chi connectivity index (χ3n) is 4.57. The van der Waals surface area contributed by atoms with Crippen LogP contribution in [0.2, 0.25) is 0 Å². The fourth-order valence-electron chi connectivity index (χ4n) is 3.20. The van der Waals surface area contributed by atoms with Gasteiger partial charge in [0.25, 0.3) is 0 Å². The molecular formula is C19H16F3N3O2. The van der Waals surface area contributed by atoms with E-state index in [0.29, 0.717) is 11.3 Å². The van der Waals surface area contributed by atoms with E-state index in [0.717, 1.165) is 11.0 Å². The van der Waals surface area contributed by atoms with Crippen molar-refractivity contribution in [3.8, 4) is 5.75 Å². The van der Waals surface area contributed by atoms with Crippen molar-refractivity contribution in [3.05, 3.63) is 54.1 Å². The highest BCUT2D eigenvalue weighted by Crippen LogP contribution is 2.41. The topological polar surface area (TPSA) is 58.2 Å². The fraction of sp³-hybridized carbons (Fsp3) is 0.263. The molecule has 1 fully saturated rings. The Hall–Kier alpha value is -3.03. The number of aromatic amines is 1. The maximum Gasteiger partial charge on any atom is 0.241 e. The molecule has 1 atom stereocenters. The van der Waals surface area contributed by atoms with Crippen LogP contribution in [0.3, 0.4) is 0 Å². The van der Waals surface area contributed by atoms with Crippen molar-refractivity contribution in [1.29, 1.82) is 0 Å². The molecule has 0 unspecified atom stereocenters. The first kappa shape index (κ1) is 17.4. The van der Waals surface area contributed by atoms with Gasteiger partial charge in [-0.1, -0.05) is 6.07 Å². The highest BCUT2D eigenvalue weighted by atomic mass is 19.3. The number of amides is 1. The summed E-state index contributed by atoms with van der Waals surface area (Å²) in [7, 11) is 0. The van der Waals surface area contributed by atoms with E-state index in [1.54, 1.807) is 24.5 Å². The van der Waals surface area contributed by atoms with Crippen LogP contribution in [-0.2, 0) is 4.79 Å². The number of fused-ring (bicyclic) bond motifs is 1. The molecule has 5 nitrogen and oxygen atoms in total. The molecule has 8 heteroatoms. The molecule has 1 saturated heterocycles. The number of H-pyrrole nitrogens is 1. The number of alkyl halides is 2. The molecule has 1 amide bonds. The lowest BCUT2D eigenvalue weighted by Gasteiger charge is -2.40. The van der Waals surface area contributed by atoms with Crippen LogP contribution < -0.4 is 9.64 Å². The lowest BCUT2D eigenvalue weighted by molar-refractivity contribution is -0.124. The van der Waals surface area contributed by atoms with Gasteiger partial charge in [-0.05, 0) is 24.3 Å². The number of carbonyl (C=O) groups is 1. The van der Waals surface area contributed by atoms with Crippen molar-refractivity contribution < 1.29 is 22.7 Å². The van der Waals surface area contributed by atoms with E-state index >= 15 is 0 Å². The molecule has 2 heterocycles. The Bertz CT molecular complexity index is 989. The fourth-order valence-corrected chi connectivity index (χ4v) is 3.20. The molecule has 1 aliphatic rings. The number of aromatic nitrogens is 2. The van der Waals surface area contributed by atoms with Crippen LogP contribution >= 0.6 is 0 Å². The first-order valence-electron chi connectivity index (χ1n) is 8.48. The predicted molar refractivity (Wildman–Crippen MR) is 93.5 cm³/mol. The zero-order valence-electron chi connectivity index (χ0n) is 14.2. The van der Waals surface area contributed by atoms with Crippen molar-refractivity contribution in [2.45, 2.75) is 25.3 Å². The summed E-state index contributed by atoms with van der Waals surface area (Å²) in [5.41, 5.74) is 2.58. The van der Waals surface area contributed by atoms with Gasteiger partial charge in [0.1, 0.15) is 11.6 Å². The Morgan fingerprint density at radius 2 is 2.11 bits per heavy atom. The minimum absolute atomic E-state index is 0.101. The van der Waals surface area contributed by atoms with Crippen molar-refractivity contribution in [2.75, 3.05) is 11.5 Å². The van der Waals surface area contributed by atoms with E-state index in [9.17, 15) is 18.0 Å². The Balaban J connectivity index is 1.54. The van der Waals surface area contributed by atoms with Crippen LogP contribution in [0.5, 0.6) is 5.75 Å². The molecule has 3 aromatic rings. The summed E-state index contributed by atoms with van der Waals surface area (Å²) in [5.74, 6) is -0.446. The lowest BCUT2D eigenvalue weighted by atomic mass is 9.92. The van der Waals surface area contributed by atoms with Crippen LogP contribution in [0.4, 0.5) is 18.9 Å². The molecule has 0 bridgehead atoms. The first-order valence-corrected chi connectivity index (χ1v) is 8.48. The van der Waals surface area contributed by atoms with Crippen LogP contribution in [0.25, 0.3) is 11.0 Å². The minimum atomic E-state index is -2.46. The summed E-state index contributed by atoms with van der Waals surface area (Å²) in [6, 6.07) is 9.17. The second-order valence-electron chi connectivity index (χ2n) is 6.30. The highest BCUT2D eigenvalue weighted by molar-refractivity contribution is 6.02. The largest absolute Gasteiger partial charge is 0.493 e. The number of hydrogen-bond acceptors (Lipinski definition) is 3. The van der Waals surface area contributed by atoms with Crippen molar-refractivity contribution in [1.82, 2.24) is 9.97 Å². The summed E-state index contributed by atoms with van der Waals surface area (Å²) in [6.45, 7) is -0.186. The van der Waals surface area contributed by atoms with Crippen molar-refractivity contribution in [2.24, 2.45) is 0 Å². The third kappa shape index (κ3) is 3.34. The van der Waals surface area contributed by atoms with Crippen molar-refractivity contribution >= 4 is 22.6 Å². The molecule has 1 aliphatic heterocycles. The number of ether oxygens (including phenoxy) is 1. The zero-order valence-corrected chi connectivity index (χ0v) is 14.2. The quantitative estimate of drug-likeness (QED) is 0.657. The average Bonchev–Trinajstić information content (AvgIpc) is 3.08. The van der Waals surface area contributed by atoms with Gasteiger partial charge in [0, 0.05) is 23.7 Å². The van der Waals surface area contributed by atoms with Crippen LogP contribution in [0.15, 0.2) is 42.7 Å². The van der Waals surface area contributed by atoms with Gasteiger partial charge in [0.15, 0.2) is 0 Å². The highest BCUT2D eigenvalue weighted by Gasteiger charge is 2.39. The smallest absolute Gasteiger partial charge is 0.241 e. The van der Waals surface area contributed by atoms with Gasteiger partial charge in [0.2, 0.25) is 12.3 Å². The second kappa shape index (κ2) is 6.94. The summed E-state index contributed by atoms with van der Waals surface area (Å²) >= 11 is 0. The molecule has 2 aromatic carbocycles. The van der Waals surface area contributed by atoms with E-state index in [1.807, 2.05) is 0 Å². The van der Waals surface area contributed by atoms with Gasteiger partial charge < -0.3 is 14.6 Å². The lowest BCUT2D eigenvalue weighted by Crippen LogP contribution is -2.47. The summed E-state index contributed by atoms with van der Waals surface area (Å²) in [4.78, 5) is 20.8. The summed E-state index contributed by atoms with van der Waals surface area (Å²) in [5, 5.41) is 0. The van der Waals surface area contributed by atoms with Gasteiger partial charge >= 0.3 is 0 Å².